The van der Waals surface area contributed by atoms with Crippen LogP contribution in [0.15, 0.2) is 33.0 Å². The lowest BCUT2D eigenvalue weighted by atomic mass is 10.1. The molecule has 0 aromatic carbocycles. The quantitative estimate of drug-likeness (QED) is 0.885. The predicted octanol–water partition coefficient (Wildman–Crippen LogP) is 1.95. The summed E-state index contributed by atoms with van der Waals surface area (Å²) in [4.78, 5) is 23.3. The number of aromatic nitrogens is 1. The number of nitrogens with zero attached hydrogens (tertiary/aromatic N) is 1. The monoisotopic (exact) mass is 294 g/mol. The molecule has 1 N–H and O–H groups in total. The van der Waals surface area contributed by atoms with Gasteiger partial charge in [-0.1, -0.05) is 11.3 Å². The number of hydrogen-bond donors (Lipinski definition) is 1. The van der Waals surface area contributed by atoms with Gasteiger partial charge in [0, 0.05) is 23.5 Å². The number of hydrogen-bond acceptors (Lipinski definition) is 4. The zero-order valence-electron chi connectivity index (χ0n) is 11.6. The average molecular weight is 294 g/mol. The van der Waals surface area contributed by atoms with Crippen LogP contribution in [0.4, 0.5) is 0 Å². The second-order valence-electron chi connectivity index (χ2n) is 4.82. The average Bonchev–Trinajstić information content (AvgIpc) is 3.01. The Morgan fingerprint density at radius 1 is 1.55 bits per heavy atom. The van der Waals surface area contributed by atoms with Gasteiger partial charge in [0.15, 0.2) is 0 Å². The number of thiazole rings is 1. The summed E-state index contributed by atoms with van der Waals surface area (Å²) in [6.45, 7) is 3.86. The van der Waals surface area contributed by atoms with Gasteiger partial charge in [-0.25, -0.2) is 0 Å². The SMILES string of the molecule is Cc1csc(=O)n1CC(=O)NC(C)CCc1ccco1. The summed E-state index contributed by atoms with van der Waals surface area (Å²) in [7, 11) is 0. The molecule has 0 spiro atoms. The summed E-state index contributed by atoms with van der Waals surface area (Å²) in [6, 6.07) is 3.81. The normalized spacial score (nSPS) is 12.3. The van der Waals surface area contributed by atoms with E-state index in [1.165, 1.54) is 4.57 Å². The first-order valence-corrected chi connectivity index (χ1v) is 7.41. The third-order valence-electron chi connectivity index (χ3n) is 3.09. The van der Waals surface area contributed by atoms with Crippen molar-refractivity contribution < 1.29 is 9.21 Å². The van der Waals surface area contributed by atoms with Crippen LogP contribution in [0.2, 0.25) is 0 Å². The van der Waals surface area contributed by atoms with Gasteiger partial charge in [-0.3, -0.25) is 14.2 Å². The Balaban J connectivity index is 1.80. The van der Waals surface area contributed by atoms with Gasteiger partial charge in [-0.05, 0) is 32.4 Å². The van der Waals surface area contributed by atoms with E-state index >= 15 is 0 Å². The van der Waals surface area contributed by atoms with Crippen molar-refractivity contribution in [3.63, 3.8) is 0 Å². The Bertz CT molecular complexity index is 613. The highest BCUT2D eigenvalue weighted by atomic mass is 32.1. The van der Waals surface area contributed by atoms with Gasteiger partial charge in [-0.15, -0.1) is 0 Å². The zero-order chi connectivity index (χ0) is 14.5. The molecule has 0 aliphatic heterocycles. The second kappa shape index (κ2) is 6.56. The molecule has 0 fully saturated rings. The molecule has 2 rings (SSSR count). The minimum absolute atomic E-state index is 0.0437. The summed E-state index contributed by atoms with van der Waals surface area (Å²) in [5, 5.41) is 4.66. The van der Waals surface area contributed by atoms with Gasteiger partial charge < -0.3 is 9.73 Å². The summed E-state index contributed by atoms with van der Waals surface area (Å²) >= 11 is 1.12. The molecule has 0 aliphatic carbocycles. The molecule has 0 aliphatic rings. The van der Waals surface area contributed by atoms with Crippen LogP contribution in [-0.4, -0.2) is 16.5 Å². The van der Waals surface area contributed by atoms with E-state index in [-0.39, 0.29) is 23.4 Å². The van der Waals surface area contributed by atoms with Crippen LogP contribution < -0.4 is 10.2 Å². The molecule has 5 nitrogen and oxygen atoms in total. The van der Waals surface area contributed by atoms with Crippen LogP contribution in [0.25, 0.3) is 0 Å². The van der Waals surface area contributed by atoms with Crippen LogP contribution in [-0.2, 0) is 17.8 Å². The van der Waals surface area contributed by atoms with Crippen molar-refractivity contribution >= 4 is 17.2 Å². The Morgan fingerprint density at radius 2 is 2.35 bits per heavy atom. The van der Waals surface area contributed by atoms with Gasteiger partial charge in [0.25, 0.3) is 0 Å². The van der Waals surface area contributed by atoms with Gasteiger partial charge in [0.05, 0.1) is 6.26 Å². The predicted molar refractivity (Wildman–Crippen MR) is 77.9 cm³/mol. The first-order valence-electron chi connectivity index (χ1n) is 6.53. The van der Waals surface area contributed by atoms with Gasteiger partial charge in [-0.2, -0.15) is 0 Å². The third-order valence-corrected chi connectivity index (χ3v) is 3.97. The molecule has 1 amide bonds. The van der Waals surface area contributed by atoms with E-state index in [1.54, 1.807) is 11.6 Å². The highest BCUT2D eigenvalue weighted by molar-refractivity contribution is 7.07. The lowest BCUT2D eigenvalue weighted by Crippen LogP contribution is -2.37. The van der Waals surface area contributed by atoms with Crippen molar-refractivity contribution in [3.05, 3.63) is 44.9 Å². The van der Waals surface area contributed by atoms with Crippen molar-refractivity contribution in [2.45, 2.75) is 39.3 Å². The van der Waals surface area contributed by atoms with Gasteiger partial charge in [0.2, 0.25) is 5.91 Å². The van der Waals surface area contributed by atoms with Crippen LogP contribution >= 0.6 is 11.3 Å². The van der Waals surface area contributed by atoms with Gasteiger partial charge >= 0.3 is 4.87 Å². The van der Waals surface area contributed by atoms with E-state index in [0.717, 1.165) is 35.6 Å². The maximum absolute atomic E-state index is 11.9. The number of furan rings is 1. The van der Waals surface area contributed by atoms with E-state index in [2.05, 4.69) is 5.32 Å². The van der Waals surface area contributed by atoms with E-state index in [4.69, 9.17) is 4.42 Å². The van der Waals surface area contributed by atoms with Crippen LogP contribution in [0.5, 0.6) is 0 Å². The second-order valence-corrected chi connectivity index (χ2v) is 5.64. The first kappa shape index (κ1) is 14.6. The number of rotatable bonds is 6. The Kier molecular flexibility index (Phi) is 4.79. The topological polar surface area (TPSA) is 64.2 Å². The molecular formula is C14H18N2O3S. The molecular weight excluding hydrogens is 276 g/mol. The van der Waals surface area contributed by atoms with Gasteiger partial charge in [0.1, 0.15) is 12.3 Å². The van der Waals surface area contributed by atoms with Crippen LogP contribution in [0, 0.1) is 6.92 Å². The maximum Gasteiger partial charge on any atom is 0.307 e. The minimum Gasteiger partial charge on any atom is -0.469 e. The molecule has 6 heteroatoms. The molecule has 0 bridgehead atoms. The summed E-state index contributed by atoms with van der Waals surface area (Å²) in [5.41, 5.74) is 0.818. The number of aryl methyl sites for hydroxylation is 2. The Morgan fingerprint density at radius 3 is 2.95 bits per heavy atom. The maximum atomic E-state index is 11.9. The van der Waals surface area contributed by atoms with Crippen molar-refractivity contribution in [2.24, 2.45) is 0 Å². The van der Waals surface area contributed by atoms with E-state index in [1.807, 2.05) is 26.0 Å². The fourth-order valence-electron chi connectivity index (χ4n) is 1.95. The molecule has 108 valence electrons. The number of carbonyl (C=O) groups is 1. The lowest BCUT2D eigenvalue weighted by molar-refractivity contribution is -0.122. The van der Waals surface area contributed by atoms with Crippen molar-refractivity contribution in [1.29, 1.82) is 0 Å². The fourth-order valence-corrected chi connectivity index (χ4v) is 2.68. The lowest BCUT2D eigenvalue weighted by Gasteiger charge is -2.13. The standard InChI is InChI=1S/C14H18N2O3S/c1-10(5-6-12-4-3-7-19-12)15-13(17)8-16-11(2)9-20-14(16)18/h3-4,7,9-10H,5-6,8H2,1-2H3,(H,15,17). The first-order chi connectivity index (χ1) is 9.56. The number of carbonyl (C=O) groups excluding carboxylic acids is 1. The molecule has 2 aromatic rings. The van der Waals surface area contributed by atoms with Crippen molar-refractivity contribution in [3.8, 4) is 0 Å². The molecule has 1 atom stereocenters. The van der Waals surface area contributed by atoms with E-state index < -0.39 is 0 Å². The molecule has 2 heterocycles. The van der Waals surface area contributed by atoms with E-state index in [0.29, 0.717) is 0 Å². The number of amides is 1. The van der Waals surface area contributed by atoms with Crippen molar-refractivity contribution in [1.82, 2.24) is 9.88 Å². The smallest absolute Gasteiger partial charge is 0.307 e. The fraction of sp³-hybridized carbons (Fsp3) is 0.429. The zero-order valence-corrected chi connectivity index (χ0v) is 12.4. The highest BCUT2D eigenvalue weighted by Gasteiger charge is 2.11. The Hall–Kier alpha value is -1.82. The Labute approximate surface area is 121 Å². The van der Waals surface area contributed by atoms with Crippen LogP contribution in [0.1, 0.15) is 24.8 Å². The largest absolute Gasteiger partial charge is 0.469 e. The summed E-state index contributed by atoms with van der Waals surface area (Å²) in [6.07, 6.45) is 3.23. The highest BCUT2D eigenvalue weighted by Crippen LogP contribution is 2.06. The molecule has 2 aromatic heterocycles. The van der Waals surface area contributed by atoms with E-state index in [9.17, 15) is 9.59 Å². The minimum atomic E-state index is -0.138. The number of nitrogens with one attached hydrogen (secondary N) is 1. The molecule has 20 heavy (non-hydrogen) atoms. The molecule has 0 saturated carbocycles. The summed E-state index contributed by atoms with van der Waals surface area (Å²) in [5.74, 6) is 0.775. The van der Waals surface area contributed by atoms with Crippen LogP contribution in [0.3, 0.4) is 0 Å². The molecule has 0 radical (unpaired) electrons. The molecule has 0 saturated heterocycles. The third kappa shape index (κ3) is 3.84. The van der Waals surface area contributed by atoms with Crippen molar-refractivity contribution in [2.75, 3.05) is 0 Å². The molecule has 1 unspecified atom stereocenters. The summed E-state index contributed by atoms with van der Waals surface area (Å²) < 4.78 is 6.73.